The van der Waals surface area contributed by atoms with Gasteiger partial charge in [0, 0.05) is 16.1 Å². The number of aryl methyl sites for hydroxylation is 1. The second-order valence-electron chi connectivity index (χ2n) is 7.06. The van der Waals surface area contributed by atoms with Crippen LogP contribution in [0.1, 0.15) is 25.0 Å². The minimum atomic E-state index is 0.165. The Bertz CT molecular complexity index is 1030. The topological polar surface area (TPSA) is 77.8 Å². The first-order chi connectivity index (χ1) is 13.5. The first-order valence-corrected chi connectivity index (χ1v) is 10.3. The number of aromatic nitrogens is 3. The van der Waals surface area contributed by atoms with Gasteiger partial charge in [0.05, 0.1) is 35.7 Å². The van der Waals surface area contributed by atoms with Crippen LogP contribution in [-0.2, 0) is 4.74 Å². The van der Waals surface area contributed by atoms with Gasteiger partial charge in [-0.1, -0.05) is 23.7 Å². The van der Waals surface area contributed by atoms with Gasteiger partial charge in [0.2, 0.25) is 0 Å². The number of halogens is 1. The number of nitrogens with one attached hydrogen (secondary N) is 1. The smallest absolute Gasteiger partial charge is 0.171 e. The van der Waals surface area contributed by atoms with Crippen LogP contribution in [0, 0.1) is 18.3 Å². The fourth-order valence-corrected chi connectivity index (χ4v) is 5.42. The number of aromatic amines is 1. The minimum Gasteiger partial charge on any atom is -0.377 e. The number of hydrogen-bond donors (Lipinski definition) is 1. The number of ether oxygens (including phenoxy) is 1. The summed E-state index contributed by atoms with van der Waals surface area (Å²) in [7, 11) is 0. The summed E-state index contributed by atoms with van der Waals surface area (Å²) in [6, 6.07) is 8.65. The molecule has 3 aromatic rings. The van der Waals surface area contributed by atoms with Gasteiger partial charge in [0.25, 0.3) is 0 Å². The van der Waals surface area contributed by atoms with E-state index in [2.05, 4.69) is 40.0 Å². The number of rotatable bonds is 3. The standard InChI is InChI=1S/C20H20ClN5OS/c1-11-4-5-14(16(21)6-11)17-15(7-22)20(26-12(2)8-27-9-13(26)3)28-18(17)19-23-10-24-25-19/h4-6,10,12-13H,8-9H2,1-3H3,(H,23,24,25)/t12-,13+. The number of anilines is 1. The minimum absolute atomic E-state index is 0.165. The van der Waals surface area contributed by atoms with Crippen molar-refractivity contribution in [2.75, 3.05) is 18.1 Å². The van der Waals surface area contributed by atoms with Crippen LogP contribution in [-0.4, -0.2) is 40.5 Å². The molecular formula is C20H20ClN5OS. The van der Waals surface area contributed by atoms with Crippen LogP contribution >= 0.6 is 22.9 Å². The van der Waals surface area contributed by atoms with Crippen molar-refractivity contribution in [3.05, 3.63) is 40.7 Å². The van der Waals surface area contributed by atoms with Crippen LogP contribution < -0.4 is 4.90 Å². The van der Waals surface area contributed by atoms with E-state index in [-0.39, 0.29) is 12.1 Å². The molecule has 2 aromatic heterocycles. The maximum absolute atomic E-state index is 10.1. The third-order valence-electron chi connectivity index (χ3n) is 4.93. The third kappa shape index (κ3) is 3.18. The highest BCUT2D eigenvalue weighted by molar-refractivity contribution is 7.20. The third-order valence-corrected chi connectivity index (χ3v) is 6.45. The molecule has 0 aliphatic carbocycles. The molecule has 0 unspecified atom stereocenters. The van der Waals surface area contributed by atoms with Crippen LogP contribution in [0.4, 0.5) is 5.00 Å². The van der Waals surface area contributed by atoms with Crippen molar-refractivity contribution in [1.82, 2.24) is 15.2 Å². The summed E-state index contributed by atoms with van der Waals surface area (Å²) in [4.78, 5) is 6.21. The summed E-state index contributed by atoms with van der Waals surface area (Å²) in [5.41, 5.74) is 3.31. The van der Waals surface area contributed by atoms with E-state index in [1.165, 1.54) is 0 Å². The van der Waals surface area contributed by atoms with Gasteiger partial charge in [-0.3, -0.25) is 0 Å². The van der Waals surface area contributed by atoms with Gasteiger partial charge in [-0.2, -0.15) is 5.26 Å². The predicted octanol–water partition coefficient (Wildman–Crippen LogP) is 4.65. The number of morpholine rings is 1. The van der Waals surface area contributed by atoms with E-state index in [0.717, 1.165) is 26.6 Å². The number of nitriles is 1. The Hall–Kier alpha value is -2.40. The van der Waals surface area contributed by atoms with Crippen molar-refractivity contribution in [1.29, 1.82) is 5.26 Å². The Morgan fingerprint density at radius 1 is 1.32 bits per heavy atom. The van der Waals surface area contributed by atoms with E-state index < -0.39 is 0 Å². The molecule has 1 saturated heterocycles. The van der Waals surface area contributed by atoms with Gasteiger partial charge < -0.3 is 14.6 Å². The molecule has 28 heavy (non-hydrogen) atoms. The molecule has 4 rings (SSSR count). The maximum atomic E-state index is 10.1. The van der Waals surface area contributed by atoms with Crippen molar-refractivity contribution in [2.24, 2.45) is 0 Å². The quantitative estimate of drug-likeness (QED) is 0.676. The first kappa shape index (κ1) is 18.9. The van der Waals surface area contributed by atoms with Crippen LogP contribution in [0.15, 0.2) is 24.5 Å². The van der Waals surface area contributed by atoms with Gasteiger partial charge in [-0.15, -0.1) is 21.5 Å². The van der Waals surface area contributed by atoms with Gasteiger partial charge in [0.1, 0.15) is 17.4 Å². The molecule has 3 heterocycles. The Balaban J connectivity index is 1.99. The van der Waals surface area contributed by atoms with Gasteiger partial charge >= 0.3 is 0 Å². The molecule has 1 fully saturated rings. The maximum Gasteiger partial charge on any atom is 0.171 e. The molecule has 8 heteroatoms. The summed E-state index contributed by atoms with van der Waals surface area (Å²) < 4.78 is 5.68. The highest BCUT2D eigenvalue weighted by Gasteiger charge is 2.33. The Morgan fingerprint density at radius 3 is 2.68 bits per heavy atom. The Labute approximate surface area is 172 Å². The lowest BCUT2D eigenvalue weighted by atomic mass is 9.99. The summed E-state index contributed by atoms with van der Waals surface area (Å²) >= 11 is 8.14. The molecule has 6 nitrogen and oxygen atoms in total. The molecule has 0 saturated carbocycles. The average Bonchev–Trinajstić information content (AvgIpc) is 3.29. The largest absolute Gasteiger partial charge is 0.377 e. The van der Waals surface area contributed by atoms with Crippen molar-refractivity contribution in [3.63, 3.8) is 0 Å². The number of benzene rings is 1. The second kappa shape index (κ2) is 7.55. The van der Waals surface area contributed by atoms with Crippen molar-refractivity contribution >= 4 is 27.9 Å². The lowest BCUT2D eigenvalue weighted by molar-refractivity contribution is 0.0760. The van der Waals surface area contributed by atoms with Gasteiger partial charge in [-0.05, 0) is 32.4 Å². The van der Waals surface area contributed by atoms with E-state index in [9.17, 15) is 5.26 Å². The zero-order chi connectivity index (χ0) is 19.8. The molecule has 0 amide bonds. The highest BCUT2D eigenvalue weighted by atomic mass is 35.5. The number of nitrogens with zero attached hydrogens (tertiary/aromatic N) is 4. The van der Waals surface area contributed by atoms with E-state index in [1.807, 2.05) is 25.1 Å². The molecule has 0 bridgehead atoms. The van der Waals surface area contributed by atoms with Gasteiger partial charge in [0.15, 0.2) is 5.82 Å². The molecule has 0 spiro atoms. The summed E-state index contributed by atoms with van der Waals surface area (Å²) in [6.07, 6.45) is 1.54. The number of hydrogen-bond acceptors (Lipinski definition) is 6. The monoisotopic (exact) mass is 413 g/mol. The molecule has 0 radical (unpaired) electrons. The van der Waals surface area contributed by atoms with Crippen molar-refractivity contribution < 1.29 is 4.74 Å². The lowest BCUT2D eigenvalue weighted by Crippen LogP contribution is -2.49. The SMILES string of the molecule is Cc1ccc(-c2c(-c3nnc[nH]3)sc(N3[C@H](C)COC[C@@H]3C)c2C#N)c(Cl)c1. The Kier molecular flexibility index (Phi) is 5.11. The Morgan fingerprint density at radius 2 is 2.07 bits per heavy atom. The van der Waals surface area contributed by atoms with Crippen LogP contribution in [0.3, 0.4) is 0 Å². The van der Waals surface area contributed by atoms with Crippen LogP contribution in [0.2, 0.25) is 5.02 Å². The van der Waals surface area contributed by atoms with E-state index >= 15 is 0 Å². The summed E-state index contributed by atoms with van der Waals surface area (Å²) in [6.45, 7) is 7.48. The van der Waals surface area contributed by atoms with E-state index in [4.69, 9.17) is 16.3 Å². The van der Waals surface area contributed by atoms with Crippen molar-refractivity contribution in [3.8, 4) is 27.9 Å². The lowest BCUT2D eigenvalue weighted by Gasteiger charge is -2.39. The molecule has 1 N–H and O–H groups in total. The fourth-order valence-electron chi connectivity index (χ4n) is 3.67. The molecule has 144 valence electrons. The average molecular weight is 414 g/mol. The molecule has 1 aliphatic heterocycles. The molecule has 2 atom stereocenters. The molecule has 1 aliphatic rings. The number of thiophene rings is 1. The summed E-state index contributed by atoms with van der Waals surface area (Å²) in [5.74, 6) is 0.632. The highest BCUT2D eigenvalue weighted by Crippen LogP contribution is 2.49. The van der Waals surface area contributed by atoms with Gasteiger partial charge in [-0.25, -0.2) is 0 Å². The number of H-pyrrole nitrogens is 1. The first-order valence-electron chi connectivity index (χ1n) is 9.07. The van der Waals surface area contributed by atoms with Crippen molar-refractivity contribution in [2.45, 2.75) is 32.9 Å². The van der Waals surface area contributed by atoms with E-state index in [0.29, 0.717) is 29.6 Å². The van der Waals surface area contributed by atoms with E-state index in [1.54, 1.807) is 17.7 Å². The van der Waals surface area contributed by atoms with Crippen LogP contribution in [0.25, 0.3) is 21.8 Å². The second-order valence-corrected chi connectivity index (χ2v) is 8.47. The predicted molar refractivity (Wildman–Crippen MR) is 112 cm³/mol. The molecule has 1 aromatic carbocycles. The summed E-state index contributed by atoms with van der Waals surface area (Å²) in [5, 5.41) is 19.8. The fraction of sp³-hybridized carbons (Fsp3) is 0.350. The zero-order valence-corrected chi connectivity index (χ0v) is 17.4. The molecular weight excluding hydrogens is 394 g/mol. The normalized spacial score (nSPS) is 19.6. The van der Waals surface area contributed by atoms with Crippen LogP contribution in [0.5, 0.6) is 0 Å². The zero-order valence-electron chi connectivity index (χ0n) is 15.9.